The lowest BCUT2D eigenvalue weighted by molar-refractivity contribution is 0.0346. The average Bonchev–Trinajstić information content (AvgIpc) is 2.95. The van der Waals surface area contributed by atoms with Crippen LogP contribution in [0, 0.1) is 6.92 Å². The zero-order valence-corrected chi connectivity index (χ0v) is 14.8. The van der Waals surface area contributed by atoms with Crippen molar-refractivity contribution in [2.75, 3.05) is 13.2 Å². The molecule has 1 amide bonds. The highest BCUT2D eigenvalue weighted by atomic mass is 79.9. The van der Waals surface area contributed by atoms with Crippen molar-refractivity contribution in [3.05, 3.63) is 56.2 Å². The molecule has 0 bridgehead atoms. The monoisotopic (exact) mass is 379 g/mol. The van der Waals surface area contributed by atoms with Crippen LogP contribution in [-0.2, 0) is 10.3 Å². The van der Waals surface area contributed by atoms with Crippen molar-refractivity contribution in [1.82, 2.24) is 5.32 Å². The minimum absolute atomic E-state index is 0.0000227. The van der Waals surface area contributed by atoms with Gasteiger partial charge in [-0.3, -0.25) is 4.79 Å². The van der Waals surface area contributed by atoms with Gasteiger partial charge < -0.3 is 10.1 Å². The molecule has 2 aromatic rings. The summed E-state index contributed by atoms with van der Waals surface area (Å²) in [5.41, 5.74) is 0.781. The van der Waals surface area contributed by atoms with E-state index in [1.165, 1.54) is 11.3 Å². The molecule has 1 aromatic heterocycles. The smallest absolute Gasteiger partial charge is 0.262 e. The number of ether oxygens (including phenoxy) is 1. The van der Waals surface area contributed by atoms with Crippen LogP contribution >= 0.6 is 27.3 Å². The summed E-state index contributed by atoms with van der Waals surface area (Å²) in [7, 11) is 0. The molecule has 0 radical (unpaired) electrons. The molecule has 3 rings (SSSR count). The van der Waals surface area contributed by atoms with Crippen molar-refractivity contribution < 1.29 is 9.53 Å². The van der Waals surface area contributed by atoms with Crippen molar-refractivity contribution in [2.24, 2.45) is 0 Å². The summed E-state index contributed by atoms with van der Waals surface area (Å²) in [4.78, 5) is 14.5. The topological polar surface area (TPSA) is 38.3 Å². The van der Waals surface area contributed by atoms with Gasteiger partial charge in [-0.2, -0.15) is 0 Å². The van der Waals surface area contributed by atoms with E-state index in [1.807, 2.05) is 31.2 Å². The normalized spacial score (nSPS) is 17.2. The number of hydrogen-bond acceptors (Lipinski definition) is 3. The summed E-state index contributed by atoms with van der Waals surface area (Å²) in [5.74, 6) is -0.0000227. The predicted molar refractivity (Wildman–Crippen MR) is 92.4 cm³/mol. The fourth-order valence-corrected chi connectivity index (χ4v) is 3.99. The first kappa shape index (κ1) is 15.7. The molecule has 22 heavy (non-hydrogen) atoms. The van der Waals surface area contributed by atoms with Crippen molar-refractivity contribution in [2.45, 2.75) is 25.3 Å². The van der Waals surface area contributed by atoms with E-state index in [2.05, 4.69) is 33.4 Å². The maximum Gasteiger partial charge on any atom is 0.262 e. The van der Waals surface area contributed by atoms with Crippen LogP contribution in [0.4, 0.5) is 0 Å². The number of rotatable bonds is 3. The maximum absolute atomic E-state index is 12.6. The van der Waals surface area contributed by atoms with Gasteiger partial charge in [-0.15, -0.1) is 11.3 Å². The molecule has 0 unspecified atom stereocenters. The van der Waals surface area contributed by atoms with E-state index < -0.39 is 0 Å². The lowest BCUT2D eigenvalue weighted by Gasteiger charge is -2.38. The number of amides is 1. The van der Waals surface area contributed by atoms with Gasteiger partial charge in [0, 0.05) is 22.6 Å². The molecular formula is C17H18BrNO2S. The molecule has 116 valence electrons. The third-order valence-corrected chi connectivity index (χ3v) is 5.53. The summed E-state index contributed by atoms with van der Waals surface area (Å²) in [5, 5.41) is 3.28. The Labute approximate surface area is 142 Å². The fourth-order valence-electron chi connectivity index (χ4n) is 2.83. The number of carbonyl (C=O) groups excluding carboxylic acids is 1. The van der Waals surface area contributed by atoms with E-state index in [0.29, 0.717) is 13.2 Å². The second-order valence-corrected chi connectivity index (χ2v) is 7.77. The molecule has 0 aliphatic carbocycles. The molecule has 3 nitrogen and oxygen atoms in total. The van der Waals surface area contributed by atoms with E-state index in [-0.39, 0.29) is 11.4 Å². The first-order chi connectivity index (χ1) is 10.6. The van der Waals surface area contributed by atoms with Crippen LogP contribution in [-0.4, -0.2) is 19.1 Å². The molecule has 0 spiro atoms. The molecule has 1 aliphatic heterocycles. The third-order valence-electron chi connectivity index (χ3n) is 4.04. The first-order valence-corrected chi connectivity index (χ1v) is 8.93. The van der Waals surface area contributed by atoms with E-state index in [1.54, 1.807) is 0 Å². The standard InChI is InChI=1S/C17H18BrNO2S/c1-12-5-6-15(22-12)16(20)19-17(7-9-21-10-8-17)13-3-2-4-14(18)11-13/h2-6,11H,7-10H2,1H3,(H,19,20). The molecule has 1 N–H and O–H groups in total. The Morgan fingerprint density at radius 1 is 1.27 bits per heavy atom. The van der Waals surface area contributed by atoms with Crippen molar-refractivity contribution >= 4 is 33.2 Å². The number of hydrogen-bond donors (Lipinski definition) is 1. The van der Waals surface area contributed by atoms with Crippen LogP contribution in [0.3, 0.4) is 0 Å². The molecule has 1 saturated heterocycles. The van der Waals surface area contributed by atoms with E-state index in [4.69, 9.17) is 4.74 Å². The molecular weight excluding hydrogens is 362 g/mol. The fraction of sp³-hybridized carbons (Fsp3) is 0.353. The SMILES string of the molecule is Cc1ccc(C(=O)NC2(c3cccc(Br)c3)CCOCC2)s1. The summed E-state index contributed by atoms with van der Waals surface area (Å²) in [6, 6.07) is 12.1. The zero-order chi connectivity index (χ0) is 15.6. The molecule has 2 heterocycles. The van der Waals surface area contributed by atoms with Gasteiger partial charge in [0.15, 0.2) is 0 Å². The van der Waals surface area contributed by atoms with Gasteiger partial charge in [0.1, 0.15) is 0 Å². The Hall–Kier alpha value is -1.17. The van der Waals surface area contributed by atoms with Crippen LogP contribution in [0.1, 0.15) is 33.0 Å². The van der Waals surface area contributed by atoms with Gasteiger partial charge in [-0.05, 0) is 49.6 Å². The summed E-state index contributed by atoms with van der Waals surface area (Å²) in [6.45, 7) is 3.34. The summed E-state index contributed by atoms with van der Waals surface area (Å²) in [6.07, 6.45) is 1.58. The Kier molecular flexibility index (Phi) is 4.66. The highest BCUT2D eigenvalue weighted by Gasteiger charge is 2.36. The number of aryl methyl sites for hydroxylation is 1. The van der Waals surface area contributed by atoms with Gasteiger partial charge in [-0.25, -0.2) is 0 Å². The lowest BCUT2D eigenvalue weighted by atomic mass is 9.82. The maximum atomic E-state index is 12.6. The van der Waals surface area contributed by atoms with Crippen LogP contribution in [0.2, 0.25) is 0 Å². The molecule has 0 atom stereocenters. The number of benzene rings is 1. The van der Waals surface area contributed by atoms with Gasteiger partial charge in [0.25, 0.3) is 5.91 Å². The predicted octanol–water partition coefficient (Wildman–Crippen LogP) is 4.25. The van der Waals surface area contributed by atoms with Crippen LogP contribution in [0.5, 0.6) is 0 Å². The highest BCUT2D eigenvalue weighted by molar-refractivity contribution is 9.10. The average molecular weight is 380 g/mol. The van der Waals surface area contributed by atoms with Gasteiger partial charge >= 0.3 is 0 Å². The van der Waals surface area contributed by atoms with Crippen molar-refractivity contribution in [1.29, 1.82) is 0 Å². The highest BCUT2D eigenvalue weighted by Crippen LogP contribution is 2.34. The summed E-state index contributed by atoms with van der Waals surface area (Å²) >= 11 is 5.05. The minimum atomic E-state index is -0.350. The first-order valence-electron chi connectivity index (χ1n) is 7.32. The van der Waals surface area contributed by atoms with Gasteiger partial charge in [0.2, 0.25) is 0 Å². The van der Waals surface area contributed by atoms with Crippen LogP contribution in [0.25, 0.3) is 0 Å². The Balaban J connectivity index is 1.91. The number of nitrogens with one attached hydrogen (secondary N) is 1. The molecule has 1 aliphatic rings. The Morgan fingerprint density at radius 3 is 2.68 bits per heavy atom. The third kappa shape index (κ3) is 3.26. The Bertz CT molecular complexity index is 677. The Morgan fingerprint density at radius 2 is 2.05 bits per heavy atom. The van der Waals surface area contributed by atoms with E-state index in [9.17, 15) is 4.79 Å². The zero-order valence-electron chi connectivity index (χ0n) is 12.4. The van der Waals surface area contributed by atoms with E-state index in [0.717, 1.165) is 32.6 Å². The molecule has 1 fully saturated rings. The number of thiophene rings is 1. The molecule has 1 aromatic carbocycles. The quantitative estimate of drug-likeness (QED) is 0.865. The molecule has 5 heteroatoms. The lowest BCUT2D eigenvalue weighted by Crippen LogP contribution is -2.49. The van der Waals surface area contributed by atoms with Crippen molar-refractivity contribution in [3.63, 3.8) is 0 Å². The van der Waals surface area contributed by atoms with Crippen LogP contribution in [0.15, 0.2) is 40.9 Å². The summed E-state index contributed by atoms with van der Waals surface area (Å²) < 4.78 is 6.53. The largest absolute Gasteiger partial charge is 0.381 e. The van der Waals surface area contributed by atoms with Crippen molar-refractivity contribution in [3.8, 4) is 0 Å². The molecule has 0 saturated carbocycles. The minimum Gasteiger partial charge on any atom is -0.381 e. The number of carbonyl (C=O) groups is 1. The second kappa shape index (κ2) is 6.52. The van der Waals surface area contributed by atoms with E-state index >= 15 is 0 Å². The number of halogens is 1. The second-order valence-electron chi connectivity index (χ2n) is 5.57. The van der Waals surface area contributed by atoms with Gasteiger partial charge in [0.05, 0.1) is 10.4 Å². The van der Waals surface area contributed by atoms with Gasteiger partial charge in [-0.1, -0.05) is 28.1 Å². The van der Waals surface area contributed by atoms with Crippen LogP contribution < -0.4 is 5.32 Å².